The summed E-state index contributed by atoms with van der Waals surface area (Å²) in [7, 11) is 0. The molecule has 1 heterocycles. The van der Waals surface area contributed by atoms with E-state index in [0.29, 0.717) is 23.7 Å². The minimum absolute atomic E-state index is 0.267. The highest BCUT2D eigenvalue weighted by atomic mass is 19.1. The zero-order valence-electron chi connectivity index (χ0n) is 12.0. The van der Waals surface area contributed by atoms with Crippen LogP contribution in [0.1, 0.15) is 37.3 Å². The Morgan fingerprint density at radius 3 is 3.00 bits per heavy atom. The van der Waals surface area contributed by atoms with Crippen molar-refractivity contribution in [2.45, 2.75) is 38.8 Å². The van der Waals surface area contributed by atoms with Crippen LogP contribution in [0.15, 0.2) is 18.2 Å². The van der Waals surface area contributed by atoms with Crippen molar-refractivity contribution in [3.63, 3.8) is 0 Å². The zero-order chi connectivity index (χ0) is 14.4. The van der Waals surface area contributed by atoms with Crippen LogP contribution in [0.2, 0.25) is 0 Å². The monoisotopic (exact) mass is 275 g/mol. The van der Waals surface area contributed by atoms with E-state index in [1.807, 2.05) is 6.07 Å². The first-order valence-corrected chi connectivity index (χ1v) is 7.38. The van der Waals surface area contributed by atoms with Gasteiger partial charge in [-0.15, -0.1) is 0 Å². The molecule has 2 rings (SSSR count). The molecule has 1 N–H and O–H groups in total. The van der Waals surface area contributed by atoms with Gasteiger partial charge in [0.2, 0.25) is 0 Å². The molecule has 1 aliphatic heterocycles. The fourth-order valence-corrected chi connectivity index (χ4v) is 2.77. The van der Waals surface area contributed by atoms with E-state index in [0.717, 1.165) is 19.6 Å². The van der Waals surface area contributed by atoms with Crippen molar-refractivity contribution in [2.75, 3.05) is 19.6 Å². The number of nitriles is 1. The maximum atomic E-state index is 14.0. The molecule has 0 radical (unpaired) electrons. The van der Waals surface area contributed by atoms with Crippen molar-refractivity contribution < 1.29 is 4.39 Å². The minimum Gasteiger partial charge on any atom is -0.315 e. The first-order valence-electron chi connectivity index (χ1n) is 7.38. The molecule has 0 spiro atoms. The summed E-state index contributed by atoms with van der Waals surface area (Å²) in [5.74, 6) is -0.267. The Hall–Kier alpha value is -1.44. The van der Waals surface area contributed by atoms with Gasteiger partial charge < -0.3 is 5.32 Å². The van der Waals surface area contributed by atoms with E-state index < -0.39 is 0 Å². The first kappa shape index (κ1) is 15.0. The summed E-state index contributed by atoms with van der Waals surface area (Å²) in [6.07, 6.45) is 3.60. The maximum Gasteiger partial charge on any atom is 0.129 e. The summed E-state index contributed by atoms with van der Waals surface area (Å²) < 4.78 is 14.0. The van der Waals surface area contributed by atoms with Crippen LogP contribution in [0.25, 0.3) is 0 Å². The number of rotatable bonds is 5. The second-order valence-corrected chi connectivity index (χ2v) is 5.35. The standard InChI is InChI=1S/C16H22FN3/c1-2-19-11-15-5-3-4-8-20(15)12-14-7-6-13(10-18)9-16(14)17/h6-7,9,15,19H,2-5,8,11-12H2,1H3. The molecule has 0 amide bonds. The van der Waals surface area contributed by atoms with E-state index >= 15 is 0 Å². The lowest BCUT2D eigenvalue weighted by Crippen LogP contribution is -2.45. The predicted molar refractivity (Wildman–Crippen MR) is 77.7 cm³/mol. The van der Waals surface area contributed by atoms with Crippen LogP contribution in [0.3, 0.4) is 0 Å². The van der Waals surface area contributed by atoms with E-state index in [-0.39, 0.29) is 5.82 Å². The number of piperidine rings is 1. The normalized spacial score (nSPS) is 19.8. The average Bonchev–Trinajstić information content (AvgIpc) is 2.48. The molecule has 1 atom stereocenters. The van der Waals surface area contributed by atoms with Gasteiger partial charge >= 0.3 is 0 Å². The summed E-state index contributed by atoms with van der Waals surface area (Å²) in [4.78, 5) is 2.36. The summed E-state index contributed by atoms with van der Waals surface area (Å²) in [5, 5.41) is 12.2. The lowest BCUT2D eigenvalue weighted by Gasteiger charge is -2.36. The van der Waals surface area contributed by atoms with Crippen LogP contribution < -0.4 is 5.32 Å². The van der Waals surface area contributed by atoms with Gasteiger partial charge in [-0.3, -0.25) is 4.90 Å². The number of likely N-dealkylation sites (tertiary alicyclic amines) is 1. The summed E-state index contributed by atoms with van der Waals surface area (Å²) in [5.41, 5.74) is 1.07. The Balaban J connectivity index is 2.04. The SMILES string of the molecule is CCNCC1CCCCN1Cc1ccc(C#N)cc1F. The molecule has 1 aromatic carbocycles. The maximum absolute atomic E-state index is 14.0. The topological polar surface area (TPSA) is 39.1 Å². The first-order chi connectivity index (χ1) is 9.74. The Morgan fingerprint density at radius 1 is 1.45 bits per heavy atom. The van der Waals surface area contributed by atoms with Gasteiger partial charge in [-0.1, -0.05) is 19.4 Å². The van der Waals surface area contributed by atoms with Crippen molar-refractivity contribution in [3.05, 3.63) is 35.1 Å². The molecule has 108 valence electrons. The van der Waals surface area contributed by atoms with Crippen LogP contribution >= 0.6 is 0 Å². The van der Waals surface area contributed by atoms with Gasteiger partial charge in [0.25, 0.3) is 0 Å². The Labute approximate surface area is 120 Å². The van der Waals surface area contributed by atoms with Crippen molar-refractivity contribution in [1.29, 1.82) is 5.26 Å². The number of likely N-dealkylation sites (N-methyl/N-ethyl adjacent to an activating group) is 1. The quantitative estimate of drug-likeness (QED) is 0.898. The number of hydrogen-bond acceptors (Lipinski definition) is 3. The van der Waals surface area contributed by atoms with E-state index in [1.54, 1.807) is 12.1 Å². The van der Waals surface area contributed by atoms with Crippen molar-refractivity contribution in [3.8, 4) is 6.07 Å². The molecular weight excluding hydrogens is 253 g/mol. The van der Waals surface area contributed by atoms with Gasteiger partial charge in [0, 0.05) is 24.7 Å². The lowest BCUT2D eigenvalue weighted by atomic mass is 10.0. The molecule has 0 bridgehead atoms. The largest absolute Gasteiger partial charge is 0.315 e. The summed E-state index contributed by atoms with van der Waals surface area (Å²) >= 11 is 0. The van der Waals surface area contributed by atoms with E-state index in [1.165, 1.54) is 25.3 Å². The van der Waals surface area contributed by atoms with Gasteiger partial charge in [0.05, 0.1) is 11.6 Å². The van der Waals surface area contributed by atoms with Gasteiger partial charge in [0.1, 0.15) is 5.82 Å². The van der Waals surface area contributed by atoms with E-state index in [4.69, 9.17) is 5.26 Å². The second-order valence-electron chi connectivity index (χ2n) is 5.35. The molecule has 0 aromatic heterocycles. The fourth-order valence-electron chi connectivity index (χ4n) is 2.77. The van der Waals surface area contributed by atoms with Gasteiger partial charge in [0.15, 0.2) is 0 Å². The average molecular weight is 275 g/mol. The highest BCUT2D eigenvalue weighted by Crippen LogP contribution is 2.21. The van der Waals surface area contributed by atoms with Crippen LogP contribution in [-0.4, -0.2) is 30.6 Å². The van der Waals surface area contributed by atoms with Crippen molar-refractivity contribution in [1.82, 2.24) is 10.2 Å². The molecule has 4 heteroatoms. The third kappa shape index (κ3) is 3.78. The van der Waals surface area contributed by atoms with Gasteiger partial charge in [-0.25, -0.2) is 4.39 Å². The molecule has 20 heavy (non-hydrogen) atoms. The lowest BCUT2D eigenvalue weighted by molar-refractivity contribution is 0.136. The molecule has 1 fully saturated rings. The van der Waals surface area contributed by atoms with Crippen molar-refractivity contribution in [2.24, 2.45) is 0 Å². The zero-order valence-corrected chi connectivity index (χ0v) is 12.0. The summed E-state index contributed by atoms with van der Waals surface area (Å²) in [6.45, 7) is 5.69. The highest BCUT2D eigenvalue weighted by molar-refractivity contribution is 5.32. The number of nitrogens with one attached hydrogen (secondary N) is 1. The van der Waals surface area contributed by atoms with Gasteiger partial charge in [-0.05, 0) is 38.1 Å². The molecule has 1 saturated heterocycles. The number of benzene rings is 1. The van der Waals surface area contributed by atoms with Crippen LogP contribution in [0.4, 0.5) is 4.39 Å². The molecule has 1 unspecified atom stereocenters. The fraction of sp³-hybridized carbons (Fsp3) is 0.562. The molecular formula is C16H22FN3. The highest BCUT2D eigenvalue weighted by Gasteiger charge is 2.22. The Morgan fingerprint density at radius 2 is 2.30 bits per heavy atom. The number of hydrogen-bond donors (Lipinski definition) is 1. The third-order valence-electron chi connectivity index (χ3n) is 3.93. The van der Waals surface area contributed by atoms with Crippen molar-refractivity contribution >= 4 is 0 Å². The third-order valence-corrected chi connectivity index (χ3v) is 3.93. The molecule has 3 nitrogen and oxygen atoms in total. The van der Waals surface area contributed by atoms with E-state index in [2.05, 4.69) is 17.1 Å². The van der Waals surface area contributed by atoms with Crippen LogP contribution in [0.5, 0.6) is 0 Å². The Bertz CT molecular complexity index is 481. The van der Waals surface area contributed by atoms with Gasteiger partial charge in [-0.2, -0.15) is 5.26 Å². The molecule has 1 aliphatic rings. The minimum atomic E-state index is -0.267. The summed E-state index contributed by atoms with van der Waals surface area (Å²) in [6, 6.07) is 7.23. The smallest absolute Gasteiger partial charge is 0.129 e. The van der Waals surface area contributed by atoms with Crippen LogP contribution in [0, 0.1) is 17.1 Å². The predicted octanol–water partition coefficient (Wildman–Crippen LogP) is 2.66. The molecule has 1 aromatic rings. The number of halogens is 1. The second kappa shape index (κ2) is 7.37. The molecule has 0 aliphatic carbocycles. The van der Waals surface area contributed by atoms with Crippen LogP contribution in [-0.2, 0) is 6.54 Å². The molecule has 0 saturated carbocycles. The van der Waals surface area contributed by atoms with E-state index in [9.17, 15) is 4.39 Å². The Kier molecular flexibility index (Phi) is 5.51. The number of nitrogens with zero attached hydrogens (tertiary/aromatic N) is 2.